The number of fused-ring (bicyclic) bond motifs is 3. The zero-order chi connectivity index (χ0) is 29.0. The van der Waals surface area contributed by atoms with E-state index in [2.05, 4.69) is 10.1 Å². The van der Waals surface area contributed by atoms with Crippen LogP contribution in [0.25, 0.3) is 11.1 Å². The van der Waals surface area contributed by atoms with Gasteiger partial charge in [-0.15, -0.1) is 0 Å². The smallest absolute Gasteiger partial charge is 0.407 e. The van der Waals surface area contributed by atoms with Gasteiger partial charge in [0.25, 0.3) is 5.92 Å². The number of likely N-dealkylation sites (tertiary alicyclic amines) is 1. The van der Waals surface area contributed by atoms with Gasteiger partial charge in [0.2, 0.25) is 5.91 Å². The molecule has 1 spiro atoms. The Balaban J connectivity index is 1.29. The number of halogens is 2. The van der Waals surface area contributed by atoms with Crippen LogP contribution >= 0.6 is 0 Å². The number of alkyl halides is 2. The molecular formula is C30H32F2N2O6. The number of nitrogens with zero attached hydrogens (tertiary/aromatic N) is 1. The lowest BCUT2D eigenvalue weighted by atomic mass is 10.0. The third-order valence-electron chi connectivity index (χ3n) is 8.24. The minimum atomic E-state index is -3.25. The Kier molecular flexibility index (Phi) is 6.92. The Labute approximate surface area is 231 Å². The Bertz CT molecular complexity index is 1400. The Morgan fingerprint density at radius 2 is 1.70 bits per heavy atom. The fraction of sp³-hybridized carbons (Fsp3) is 0.467. The highest BCUT2D eigenvalue weighted by Crippen LogP contribution is 2.55. The molecule has 1 saturated heterocycles. The van der Waals surface area contributed by atoms with E-state index in [-0.39, 0.29) is 28.0 Å². The lowest BCUT2D eigenvalue weighted by Crippen LogP contribution is -2.54. The molecule has 10 heteroatoms. The van der Waals surface area contributed by atoms with Crippen molar-refractivity contribution in [1.29, 1.82) is 0 Å². The summed E-state index contributed by atoms with van der Waals surface area (Å²) in [7, 11) is 1.20. The predicted molar refractivity (Wildman–Crippen MR) is 141 cm³/mol. The van der Waals surface area contributed by atoms with Crippen molar-refractivity contribution >= 4 is 23.8 Å². The maximum Gasteiger partial charge on any atom is 0.407 e. The number of ether oxygens (including phenoxy) is 2. The van der Waals surface area contributed by atoms with E-state index in [0.29, 0.717) is 29.7 Å². The van der Waals surface area contributed by atoms with Crippen LogP contribution in [0.15, 0.2) is 36.4 Å². The highest BCUT2D eigenvalue weighted by molar-refractivity contribution is 6.00. The van der Waals surface area contributed by atoms with Gasteiger partial charge in [-0.1, -0.05) is 43.7 Å². The van der Waals surface area contributed by atoms with Gasteiger partial charge in [-0.3, -0.25) is 9.59 Å². The van der Waals surface area contributed by atoms with Crippen LogP contribution in [0.2, 0.25) is 0 Å². The molecule has 2 aromatic rings. The average molecular weight is 555 g/mol. The molecule has 40 heavy (non-hydrogen) atoms. The molecule has 1 unspecified atom stereocenters. The number of amides is 2. The lowest BCUT2D eigenvalue weighted by Gasteiger charge is -2.29. The SMILES string of the molecule is COC(=O)N[C@H](C(=O)N1CC2(CC2)CC1C(=O)OCC(=O)c1ccc2c(c1)C(F)(F)c1cc(C)ccc1-2)C(C)C. The standard InChI is InChI=1S/C30H32F2N2O6/c1-16(2)25(33-28(38)39-4)26(36)34-15-29(9-10-29)13-23(34)27(37)40-14-24(35)18-6-8-20-19-7-5-17(3)11-21(19)30(31,32)22(20)12-18/h5-8,11-12,16,23,25H,9-10,13-15H2,1-4H3,(H,33,38)/t23?,25-/m0/s1. The maximum absolute atomic E-state index is 15.2. The summed E-state index contributed by atoms with van der Waals surface area (Å²) in [6.45, 7) is 4.99. The van der Waals surface area contributed by atoms with Crippen LogP contribution in [0.4, 0.5) is 13.6 Å². The molecule has 1 heterocycles. The van der Waals surface area contributed by atoms with Gasteiger partial charge in [-0.25, -0.2) is 9.59 Å². The number of carbonyl (C=O) groups is 4. The van der Waals surface area contributed by atoms with Crippen LogP contribution in [0, 0.1) is 18.3 Å². The number of ketones is 1. The van der Waals surface area contributed by atoms with E-state index >= 15 is 8.78 Å². The number of Topliss-reactive ketones (excluding diaryl/α,β-unsaturated/α-hetero) is 1. The number of aryl methyl sites for hydroxylation is 1. The third kappa shape index (κ3) is 4.84. The van der Waals surface area contributed by atoms with Crippen LogP contribution in [0.5, 0.6) is 0 Å². The van der Waals surface area contributed by atoms with Crippen molar-refractivity contribution in [3.05, 3.63) is 58.7 Å². The first-order valence-corrected chi connectivity index (χ1v) is 13.4. The van der Waals surface area contributed by atoms with Crippen molar-refractivity contribution < 1.29 is 37.4 Å². The fourth-order valence-corrected chi connectivity index (χ4v) is 5.74. The van der Waals surface area contributed by atoms with E-state index in [1.54, 1.807) is 32.9 Å². The molecule has 1 N–H and O–H groups in total. The van der Waals surface area contributed by atoms with E-state index in [9.17, 15) is 19.2 Å². The predicted octanol–water partition coefficient (Wildman–Crippen LogP) is 4.60. The largest absolute Gasteiger partial charge is 0.456 e. The van der Waals surface area contributed by atoms with Gasteiger partial charge in [0.15, 0.2) is 12.4 Å². The van der Waals surface area contributed by atoms with Crippen molar-refractivity contribution in [2.24, 2.45) is 11.3 Å². The number of rotatable bonds is 7. The van der Waals surface area contributed by atoms with Crippen molar-refractivity contribution in [3.63, 3.8) is 0 Å². The molecule has 1 aliphatic heterocycles. The molecule has 5 rings (SSSR count). The van der Waals surface area contributed by atoms with Crippen LogP contribution in [-0.2, 0) is 25.0 Å². The lowest BCUT2D eigenvalue weighted by molar-refractivity contribution is -0.153. The zero-order valence-corrected chi connectivity index (χ0v) is 22.9. The van der Waals surface area contributed by atoms with E-state index in [4.69, 9.17) is 4.74 Å². The summed E-state index contributed by atoms with van der Waals surface area (Å²) < 4.78 is 40.4. The number of benzene rings is 2. The van der Waals surface area contributed by atoms with Gasteiger partial charge in [0.1, 0.15) is 12.1 Å². The highest BCUT2D eigenvalue weighted by Gasteiger charge is 2.56. The summed E-state index contributed by atoms with van der Waals surface area (Å²) in [6, 6.07) is 7.16. The number of hydrogen-bond donors (Lipinski definition) is 1. The monoisotopic (exact) mass is 554 g/mol. The van der Waals surface area contributed by atoms with E-state index in [0.717, 1.165) is 18.9 Å². The van der Waals surface area contributed by atoms with E-state index < -0.39 is 48.4 Å². The van der Waals surface area contributed by atoms with Crippen molar-refractivity contribution in [2.45, 2.75) is 58.0 Å². The number of methoxy groups -OCH3 is 1. The Morgan fingerprint density at radius 3 is 2.33 bits per heavy atom. The van der Waals surface area contributed by atoms with E-state index in [1.165, 1.54) is 30.2 Å². The van der Waals surface area contributed by atoms with Crippen LogP contribution < -0.4 is 5.32 Å². The van der Waals surface area contributed by atoms with Gasteiger partial charge < -0.3 is 19.7 Å². The molecule has 0 radical (unpaired) electrons. The summed E-state index contributed by atoms with van der Waals surface area (Å²) in [6.07, 6.45) is 1.37. The first kappa shape index (κ1) is 27.7. The highest BCUT2D eigenvalue weighted by atomic mass is 19.3. The van der Waals surface area contributed by atoms with Crippen molar-refractivity contribution in [1.82, 2.24) is 10.2 Å². The molecule has 3 aliphatic rings. The first-order valence-electron chi connectivity index (χ1n) is 13.4. The summed E-state index contributed by atoms with van der Waals surface area (Å²) in [4.78, 5) is 52.8. The van der Waals surface area contributed by atoms with Crippen molar-refractivity contribution in [2.75, 3.05) is 20.3 Å². The molecule has 0 bridgehead atoms. The van der Waals surface area contributed by atoms with Crippen LogP contribution in [0.3, 0.4) is 0 Å². The molecule has 0 aromatic heterocycles. The topological polar surface area (TPSA) is 102 Å². The summed E-state index contributed by atoms with van der Waals surface area (Å²) in [5.74, 6) is -5.30. The second-order valence-electron chi connectivity index (χ2n) is 11.5. The summed E-state index contributed by atoms with van der Waals surface area (Å²) in [5, 5.41) is 2.54. The number of alkyl carbamates (subject to hydrolysis) is 1. The van der Waals surface area contributed by atoms with E-state index in [1.807, 2.05) is 0 Å². The van der Waals surface area contributed by atoms with Crippen LogP contribution in [-0.4, -0.2) is 61.0 Å². The number of nitrogens with one attached hydrogen (secondary N) is 1. The normalized spacial score (nSPS) is 20.1. The minimum Gasteiger partial charge on any atom is -0.456 e. The fourth-order valence-electron chi connectivity index (χ4n) is 5.74. The third-order valence-corrected chi connectivity index (χ3v) is 8.24. The second kappa shape index (κ2) is 9.98. The van der Waals surface area contributed by atoms with Gasteiger partial charge in [0, 0.05) is 23.2 Å². The minimum absolute atomic E-state index is 0.0101. The van der Waals surface area contributed by atoms with Crippen LogP contribution in [0.1, 0.15) is 60.2 Å². The molecule has 2 aromatic carbocycles. The van der Waals surface area contributed by atoms with Gasteiger partial charge >= 0.3 is 12.1 Å². The molecule has 2 amide bonds. The summed E-state index contributed by atoms with van der Waals surface area (Å²) >= 11 is 0. The summed E-state index contributed by atoms with van der Waals surface area (Å²) in [5.41, 5.74) is 0.987. The average Bonchev–Trinajstić information content (AvgIpc) is 3.51. The second-order valence-corrected chi connectivity index (χ2v) is 11.5. The van der Waals surface area contributed by atoms with Crippen molar-refractivity contribution in [3.8, 4) is 11.1 Å². The molecule has 2 fully saturated rings. The number of carbonyl (C=O) groups excluding carboxylic acids is 4. The molecule has 212 valence electrons. The quantitative estimate of drug-likeness (QED) is 0.397. The number of hydrogen-bond acceptors (Lipinski definition) is 6. The molecule has 8 nitrogen and oxygen atoms in total. The zero-order valence-electron chi connectivity index (χ0n) is 22.9. The Morgan fingerprint density at radius 1 is 1.05 bits per heavy atom. The Hall–Kier alpha value is -3.82. The first-order chi connectivity index (χ1) is 18.9. The molecule has 2 atom stereocenters. The maximum atomic E-state index is 15.2. The van der Waals surface area contributed by atoms with Gasteiger partial charge in [-0.05, 0) is 60.8 Å². The van der Waals surface area contributed by atoms with Gasteiger partial charge in [-0.2, -0.15) is 8.78 Å². The van der Waals surface area contributed by atoms with Gasteiger partial charge in [0.05, 0.1) is 7.11 Å². The number of esters is 1. The molecular weight excluding hydrogens is 522 g/mol. The molecule has 1 saturated carbocycles. The molecule has 2 aliphatic carbocycles.